The minimum Gasteiger partial charge on any atom is -0.487 e. The van der Waals surface area contributed by atoms with Crippen molar-refractivity contribution in [2.24, 2.45) is 5.14 Å². The van der Waals surface area contributed by atoms with Gasteiger partial charge in [0.2, 0.25) is 10.0 Å². The molecule has 0 heterocycles. The highest BCUT2D eigenvalue weighted by Gasteiger charge is 2.21. The Morgan fingerprint density at radius 1 is 1.47 bits per heavy atom. The number of primary sulfonamides is 1. The van der Waals surface area contributed by atoms with Gasteiger partial charge in [-0.05, 0) is 19.1 Å². The number of ether oxygens (including phenoxy) is 1. The highest BCUT2D eigenvalue weighted by Crippen LogP contribution is 2.37. The number of rotatable bonds is 7. The molecule has 0 unspecified atom stereocenters. The second-order valence-corrected chi connectivity index (χ2v) is 6.38. The molecule has 0 aromatic heterocycles. The van der Waals surface area contributed by atoms with Crippen LogP contribution in [0.15, 0.2) is 23.1 Å². The van der Waals surface area contributed by atoms with Crippen LogP contribution in [0.4, 0.5) is 5.69 Å². The first-order valence-electron chi connectivity index (χ1n) is 5.38. The predicted molar refractivity (Wildman–Crippen MR) is 73.0 cm³/mol. The molecule has 0 amide bonds. The van der Waals surface area contributed by atoms with Gasteiger partial charge in [-0.3, -0.25) is 10.1 Å². The molecule has 2 N–H and O–H groups in total. The molecule has 0 aliphatic heterocycles. The average molecular weight is 306 g/mol. The number of hydrogen-bond acceptors (Lipinski definition) is 6. The summed E-state index contributed by atoms with van der Waals surface area (Å²) in [5.41, 5.74) is -0.149. The lowest BCUT2D eigenvalue weighted by Crippen LogP contribution is -2.17. The van der Waals surface area contributed by atoms with Gasteiger partial charge in [0, 0.05) is 5.75 Å². The smallest absolute Gasteiger partial charge is 0.324 e. The monoisotopic (exact) mass is 306 g/mol. The lowest BCUT2D eigenvalue weighted by atomic mass is 10.3. The van der Waals surface area contributed by atoms with Gasteiger partial charge in [-0.1, -0.05) is 6.07 Å². The van der Waals surface area contributed by atoms with E-state index < -0.39 is 14.9 Å². The average Bonchev–Trinajstić information content (AvgIpc) is 2.27. The number of nitrogens with zero attached hydrogens (tertiary/aromatic N) is 1. The van der Waals surface area contributed by atoms with Crippen LogP contribution in [0.5, 0.6) is 5.75 Å². The zero-order valence-corrected chi connectivity index (χ0v) is 11.9. The van der Waals surface area contributed by atoms with Crippen LogP contribution in [-0.4, -0.2) is 31.5 Å². The zero-order valence-electron chi connectivity index (χ0n) is 10.2. The number of nitro benzene ring substituents is 1. The van der Waals surface area contributed by atoms with Crippen molar-refractivity contribution in [2.75, 3.05) is 18.1 Å². The number of nitrogens with two attached hydrogens (primary N) is 1. The van der Waals surface area contributed by atoms with Crippen molar-refractivity contribution < 1.29 is 18.1 Å². The third-order valence-electron chi connectivity index (χ3n) is 2.07. The van der Waals surface area contributed by atoms with Gasteiger partial charge in [0.25, 0.3) is 0 Å². The highest BCUT2D eigenvalue weighted by molar-refractivity contribution is 8.00. The van der Waals surface area contributed by atoms with Crippen molar-refractivity contribution in [1.82, 2.24) is 0 Å². The quantitative estimate of drug-likeness (QED) is 0.462. The van der Waals surface area contributed by atoms with Gasteiger partial charge < -0.3 is 4.74 Å². The Morgan fingerprint density at radius 2 is 2.16 bits per heavy atom. The van der Waals surface area contributed by atoms with Gasteiger partial charge in [0.1, 0.15) is 0 Å². The fraction of sp³-hybridized carbons (Fsp3) is 0.400. The van der Waals surface area contributed by atoms with E-state index in [0.29, 0.717) is 11.5 Å². The predicted octanol–water partition coefficient (Wildman–Crippen LogP) is 1.37. The molecule has 0 bridgehead atoms. The fourth-order valence-corrected chi connectivity index (χ4v) is 3.31. The largest absolute Gasteiger partial charge is 0.487 e. The molecule has 0 aliphatic rings. The molecule has 0 radical (unpaired) electrons. The summed E-state index contributed by atoms with van der Waals surface area (Å²) < 4.78 is 26.8. The lowest BCUT2D eigenvalue weighted by molar-refractivity contribution is -0.388. The molecular formula is C10H14N2O5S2. The molecular weight excluding hydrogens is 292 g/mol. The fourth-order valence-electron chi connectivity index (χ4n) is 1.34. The molecule has 19 heavy (non-hydrogen) atoms. The first kappa shape index (κ1) is 15.7. The minimum atomic E-state index is -3.57. The van der Waals surface area contributed by atoms with Crippen molar-refractivity contribution in [1.29, 1.82) is 0 Å². The van der Waals surface area contributed by atoms with E-state index in [0.717, 1.165) is 11.8 Å². The molecule has 0 spiro atoms. The normalized spacial score (nSPS) is 11.3. The van der Waals surface area contributed by atoms with Crippen LogP contribution < -0.4 is 9.88 Å². The van der Waals surface area contributed by atoms with E-state index in [1.54, 1.807) is 19.1 Å². The van der Waals surface area contributed by atoms with E-state index in [9.17, 15) is 18.5 Å². The summed E-state index contributed by atoms with van der Waals surface area (Å²) >= 11 is 1.06. The van der Waals surface area contributed by atoms with E-state index in [2.05, 4.69) is 0 Å². The Hall–Kier alpha value is -1.32. The van der Waals surface area contributed by atoms with Crippen molar-refractivity contribution in [2.45, 2.75) is 11.8 Å². The standard InChI is InChI=1S/C10H14N2O5S2/c1-2-17-8-4-3-5-9(10(8)12(13)14)18-6-7-19(11,15)16/h3-5H,2,6-7H2,1H3,(H2,11,15,16). The maximum Gasteiger partial charge on any atom is 0.324 e. The molecule has 1 aromatic carbocycles. The van der Waals surface area contributed by atoms with Crippen molar-refractivity contribution >= 4 is 27.5 Å². The number of nitro groups is 1. The molecule has 0 aliphatic carbocycles. The summed E-state index contributed by atoms with van der Waals surface area (Å²) in [4.78, 5) is 10.9. The molecule has 9 heteroatoms. The second-order valence-electron chi connectivity index (χ2n) is 3.51. The van der Waals surface area contributed by atoms with E-state index >= 15 is 0 Å². The third kappa shape index (κ3) is 5.05. The molecule has 1 rings (SSSR count). The summed E-state index contributed by atoms with van der Waals surface area (Å²) in [6, 6.07) is 4.68. The summed E-state index contributed by atoms with van der Waals surface area (Å²) in [6.07, 6.45) is 0. The van der Waals surface area contributed by atoms with Crippen LogP contribution in [0.2, 0.25) is 0 Å². The summed E-state index contributed by atoms with van der Waals surface area (Å²) in [7, 11) is -3.57. The maximum atomic E-state index is 11.0. The van der Waals surface area contributed by atoms with Crippen molar-refractivity contribution in [3.8, 4) is 5.75 Å². The molecule has 0 saturated carbocycles. The van der Waals surface area contributed by atoms with Gasteiger partial charge in [0.15, 0.2) is 5.75 Å². The molecule has 7 nitrogen and oxygen atoms in total. The Labute approximate surface area is 115 Å². The Bertz CT molecular complexity index is 559. The van der Waals surface area contributed by atoms with Crippen LogP contribution in [0.3, 0.4) is 0 Å². The Balaban J connectivity index is 2.93. The lowest BCUT2D eigenvalue weighted by Gasteiger charge is -2.07. The van der Waals surface area contributed by atoms with Crippen LogP contribution in [0, 0.1) is 10.1 Å². The molecule has 1 aromatic rings. The number of para-hydroxylation sites is 1. The maximum absolute atomic E-state index is 11.0. The Morgan fingerprint density at radius 3 is 2.68 bits per heavy atom. The van der Waals surface area contributed by atoms with E-state index in [-0.39, 0.29) is 22.9 Å². The van der Waals surface area contributed by atoms with Crippen molar-refractivity contribution in [3.63, 3.8) is 0 Å². The summed E-state index contributed by atoms with van der Waals surface area (Å²) in [5, 5.41) is 15.9. The van der Waals surface area contributed by atoms with Gasteiger partial charge >= 0.3 is 5.69 Å². The molecule has 106 valence electrons. The van der Waals surface area contributed by atoms with Gasteiger partial charge in [-0.25, -0.2) is 13.6 Å². The number of hydrogen-bond donors (Lipinski definition) is 1. The highest BCUT2D eigenvalue weighted by atomic mass is 32.2. The van der Waals surface area contributed by atoms with Gasteiger partial charge in [-0.15, -0.1) is 11.8 Å². The number of benzene rings is 1. The SMILES string of the molecule is CCOc1cccc(SCCS(N)(=O)=O)c1[N+](=O)[O-]. The third-order valence-corrected chi connectivity index (χ3v) is 4.15. The second kappa shape index (κ2) is 6.73. The van der Waals surface area contributed by atoms with E-state index in [4.69, 9.17) is 9.88 Å². The van der Waals surface area contributed by atoms with E-state index in [1.807, 2.05) is 0 Å². The molecule has 0 atom stereocenters. The Kier molecular flexibility index (Phi) is 5.58. The minimum absolute atomic E-state index is 0.148. The van der Waals surface area contributed by atoms with Crippen LogP contribution in [-0.2, 0) is 10.0 Å². The molecule has 0 fully saturated rings. The van der Waals surface area contributed by atoms with Crippen LogP contribution in [0.25, 0.3) is 0 Å². The number of sulfonamides is 1. The summed E-state index contributed by atoms with van der Waals surface area (Å²) in [6.45, 7) is 2.04. The van der Waals surface area contributed by atoms with E-state index in [1.165, 1.54) is 6.07 Å². The van der Waals surface area contributed by atoms with Crippen molar-refractivity contribution in [3.05, 3.63) is 28.3 Å². The zero-order chi connectivity index (χ0) is 14.5. The topological polar surface area (TPSA) is 113 Å². The number of thioether (sulfide) groups is 1. The van der Waals surface area contributed by atoms with Crippen LogP contribution in [0.1, 0.15) is 6.92 Å². The van der Waals surface area contributed by atoms with Crippen LogP contribution >= 0.6 is 11.8 Å². The van der Waals surface area contributed by atoms with Gasteiger partial charge in [0.05, 0.1) is 22.2 Å². The van der Waals surface area contributed by atoms with Gasteiger partial charge in [-0.2, -0.15) is 0 Å². The summed E-state index contributed by atoms with van der Waals surface area (Å²) in [5.74, 6) is 0.0799. The first-order valence-corrected chi connectivity index (χ1v) is 8.08. The molecule has 0 saturated heterocycles. The first-order chi connectivity index (χ1) is 8.85.